The van der Waals surface area contributed by atoms with E-state index in [2.05, 4.69) is 33.7 Å². The molecule has 1 amide bonds. The van der Waals surface area contributed by atoms with Crippen LogP contribution in [-0.2, 0) is 16.1 Å². The van der Waals surface area contributed by atoms with Gasteiger partial charge in [0.15, 0.2) is 0 Å². The molecule has 4 rings (SSSR count). The van der Waals surface area contributed by atoms with Crippen molar-refractivity contribution in [3.8, 4) is 0 Å². The fraction of sp³-hybridized carbons (Fsp3) is 0.684. The number of hydrogen-bond acceptors (Lipinski definition) is 6. The molecule has 7 nitrogen and oxygen atoms in total. The van der Waals surface area contributed by atoms with Crippen LogP contribution in [0.15, 0.2) is 24.4 Å². The number of hydrazine groups is 1. The summed E-state index contributed by atoms with van der Waals surface area (Å²) in [5.74, 6) is 0.200. The number of likely N-dealkylation sites (tertiary alicyclic amines) is 1. The molecular weight excluding hydrogens is 330 g/mol. The molecule has 3 aliphatic rings. The fourth-order valence-electron chi connectivity index (χ4n) is 4.42. The van der Waals surface area contributed by atoms with E-state index >= 15 is 0 Å². The first-order chi connectivity index (χ1) is 12.6. The van der Waals surface area contributed by atoms with Gasteiger partial charge in [0, 0.05) is 31.9 Å². The molecule has 1 aromatic heterocycles. The zero-order valence-corrected chi connectivity index (χ0v) is 15.5. The number of aromatic nitrogens is 1. The maximum atomic E-state index is 12.9. The first kappa shape index (κ1) is 17.9. The van der Waals surface area contributed by atoms with E-state index in [1.807, 2.05) is 23.2 Å². The van der Waals surface area contributed by atoms with Crippen LogP contribution >= 0.6 is 0 Å². The maximum absolute atomic E-state index is 12.9. The first-order valence-electron chi connectivity index (χ1n) is 9.70. The second kappa shape index (κ2) is 7.60. The third-order valence-corrected chi connectivity index (χ3v) is 5.68. The Morgan fingerprint density at radius 3 is 3.04 bits per heavy atom. The number of pyridine rings is 1. The van der Waals surface area contributed by atoms with E-state index < -0.39 is 0 Å². The summed E-state index contributed by atoms with van der Waals surface area (Å²) < 4.78 is 6.25. The molecule has 0 aromatic carbocycles. The van der Waals surface area contributed by atoms with Crippen molar-refractivity contribution in [1.82, 2.24) is 25.6 Å². The number of nitrogens with zero attached hydrogens (tertiary/aromatic N) is 3. The minimum absolute atomic E-state index is 0.117. The third kappa shape index (κ3) is 3.91. The highest BCUT2D eigenvalue weighted by atomic mass is 16.5. The average Bonchev–Trinajstić information content (AvgIpc) is 3.08. The van der Waals surface area contributed by atoms with Crippen molar-refractivity contribution < 1.29 is 9.53 Å². The van der Waals surface area contributed by atoms with E-state index in [4.69, 9.17) is 4.74 Å². The molecule has 0 radical (unpaired) electrons. The SMILES string of the molecule is CC1CC(C(=O)N2CCOC3(CCCN(Cc4ccccn4)C3)C2)NN1. The zero-order valence-electron chi connectivity index (χ0n) is 15.5. The van der Waals surface area contributed by atoms with Crippen LogP contribution in [0.5, 0.6) is 0 Å². The smallest absolute Gasteiger partial charge is 0.241 e. The molecule has 3 saturated heterocycles. The van der Waals surface area contributed by atoms with Gasteiger partial charge in [0.2, 0.25) is 5.91 Å². The van der Waals surface area contributed by atoms with E-state index in [0.29, 0.717) is 25.7 Å². The number of rotatable bonds is 3. The highest BCUT2D eigenvalue weighted by molar-refractivity contribution is 5.82. The van der Waals surface area contributed by atoms with Crippen LogP contribution in [0.2, 0.25) is 0 Å². The van der Waals surface area contributed by atoms with Crippen molar-refractivity contribution in [2.24, 2.45) is 0 Å². The van der Waals surface area contributed by atoms with E-state index in [-0.39, 0.29) is 17.6 Å². The summed E-state index contributed by atoms with van der Waals surface area (Å²) in [6, 6.07) is 6.26. The molecular formula is C19H29N5O2. The van der Waals surface area contributed by atoms with Crippen molar-refractivity contribution in [3.05, 3.63) is 30.1 Å². The molecule has 3 unspecified atom stereocenters. The number of carbonyl (C=O) groups is 1. The molecule has 26 heavy (non-hydrogen) atoms. The van der Waals surface area contributed by atoms with Gasteiger partial charge in [-0.25, -0.2) is 5.43 Å². The Labute approximate surface area is 155 Å². The summed E-state index contributed by atoms with van der Waals surface area (Å²) in [5.41, 5.74) is 7.14. The summed E-state index contributed by atoms with van der Waals surface area (Å²) in [5, 5.41) is 0. The Bertz CT molecular complexity index is 624. The van der Waals surface area contributed by atoms with Crippen LogP contribution < -0.4 is 10.9 Å². The monoisotopic (exact) mass is 359 g/mol. The molecule has 7 heteroatoms. The molecule has 4 heterocycles. The van der Waals surface area contributed by atoms with Gasteiger partial charge in [-0.2, -0.15) is 0 Å². The summed E-state index contributed by atoms with van der Waals surface area (Å²) in [6.45, 7) is 6.86. The second-order valence-electron chi connectivity index (χ2n) is 7.90. The first-order valence-corrected chi connectivity index (χ1v) is 9.70. The molecule has 2 N–H and O–H groups in total. The van der Waals surface area contributed by atoms with Crippen LogP contribution in [0.1, 0.15) is 31.9 Å². The van der Waals surface area contributed by atoms with Gasteiger partial charge < -0.3 is 9.64 Å². The summed E-state index contributed by atoms with van der Waals surface area (Å²) in [4.78, 5) is 21.8. The van der Waals surface area contributed by atoms with Crippen molar-refractivity contribution >= 4 is 5.91 Å². The van der Waals surface area contributed by atoms with Crippen molar-refractivity contribution in [2.75, 3.05) is 32.8 Å². The number of morpholine rings is 1. The zero-order chi connectivity index (χ0) is 18.0. The largest absolute Gasteiger partial charge is 0.370 e. The Morgan fingerprint density at radius 2 is 2.27 bits per heavy atom. The number of amides is 1. The van der Waals surface area contributed by atoms with Crippen molar-refractivity contribution in [1.29, 1.82) is 0 Å². The van der Waals surface area contributed by atoms with Crippen molar-refractivity contribution in [3.63, 3.8) is 0 Å². The topological polar surface area (TPSA) is 69.7 Å². The van der Waals surface area contributed by atoms with Crippen LogP contribution in [0.3, 0.4) is 0 Å². The van der Waals surface area contributed by atoms with Gasteiger partial charge >= 0.3 is 0 Å². The predicted molar refractivity (Wildman–Crippen MR) is 98.1 cm³/mol. The highest BCUT2D eigenvalue weighted by Gasteiger charge is 2.43. The number of nitrogens with one attached hydrogen (secondary N) is 2. The molecule has 3 atom stereocenters. The van der Waals surface area contributed by atoms with Gasteiger partial charge in [-0.3, -0.25) is 20.1 Å². The summed E-state index contributed by atoms with van der Waals surface area (Å²) in [6.07, 6.45) is 4.79. The Balaban J connectivity index is 1.39. The predicted octanol–water partition coefficient (Wildman–Crippen LogP) is 0.530. The van der Waals surface area contributed by atoms with Gasteiger partial charge in [-0.15, -0.1) is 0 Å². The Hall–Kier alpha value is -1.54. The standard InChI is InChI=1S/C19H29N5O2/c1-15-11-17(22-21-15)18(25)24-9-10-26-19(14-24)6-4-8-23(13-19)12-16-5-2-3-7-20-16/h2-3,5,7,15,17,21-22H,4,6,8-14H2,1H3. The second-order valence-corrected chi connectivity index (χ2v) is 7.90. The highest BCUT2D eigenvalue weighted by Crippen LogP contribution is 2.30. The van der Waals surface area contributed by atoms with Gasteiger partial charge in [-0.1, -0.05) is 6.07 Å². The molecule has 0 aliphatic carbocycles. The maximum Gasteiger partial charge on any atom is 0.241 e. The van der Waals surface area contributed by atoms with E-state index in [0.717, 1.165) is 44.6 Å². The fourth-order valence-corrected chi connectivity index (χ4v) is 4.42. The van der Waals surface area contributed by atoms with Crippen LogP contribution in [0, 0.1) is 0 Å². The lowest BCUT2D eigenvalue weighted by Gasteiger charge is -2.48. The normalized spacial score (nSPS) is 32.9. The third-order valence-electron chi connectivity index (χ3n) is 5.68. The number of piperidine rings is 1. The average molecular weight is 359 g/mol. The number of carbonyl (C=O) groups excluding carboxylic acids is 1. The van der Waals surface area contributed by atoms with E-state index in [1.165, 1.54) is 0 Å². The van der Waals surface area contributed by atoms with Gasteiger partial charge in [0.1, 0.15) is 6.04 Å². The molecule has 0 saturated carbocycles. The van der Waals surface area contributed by atoms with Crippen LogP contribution in [0.4, 0.5) is 0 Å². The molecule has 0 bridgehead atoms. The minimum Gasteiger partial charge on any atom is -0.370 e. The molecule has 142 valence electrons. The number of ether oxygens (including phenoxy) is 1. The summed E-state index contributed by atoms with van der Waals surface area (Å²) >= 11 is 0. The quantitative estimate of drug-likeness (QED) is 0.821. The minimum atomic E-state index is -0.238. The molecule has 1 aromatic rings. The van der Waals surface area contributed by atoms with Gasteiger partial charge in [0.25, 0.3) is 0 Å². The molecule has 3 fully saturated rings. The van der Waals surface area contributed by atoms with Gasteiger partial charge in [0.05, 0.1) is 24.4 Å². The van der Waals surface area contributed by atoms with Gasteiger partial charge in [-0.05, 0) is 44.9 Å². The lowest BCUT2D eigenvalue weighted by atomic mass is 9.90. The molecule has 3 aliphatic heterocycles. The molecule has 1 spiro atoms. The van der Waals surface area contributed by atoms with Crippen molar-refractivity contribution in [2.45, 2.75) is 50.4 Å². The van der Waals surface area contributed by atoms with E-state index in [9.17, 15) is 4.79 Å². The Kier molecular flexibility index (Phi) is 5.22. The summed E-state index contributed by atoms with van der Waals surface area (Å²) in [7, 11) is 0. The Morgan fingerprint density at radius 1 is 1.35 bits per heavy atom. The van der Waals surface area contributed by atoms with Crippen LogP contribution in [0.25, 0.3) is 0 Å². The van der Waals surface area contributed by atoms with Crippen LogP contribution in [-0.4, -0.2) is 71.2 Å². The number of hydrogen-bond donors (Lipinski definition) is 2. The lowest BCUT2D eigenvalue weighted by Crippen LogP contribution is -2.62. The lowest BCUT2D eigenvalue weighted by molar-refractivity contribution is -0.163. The van der Waals surface area contributed by atoms with E-state index in [1.54, 1.807) is 0 Å².